The van der Waals surface area contributed by atoms with Gasteiger partial charge < -0.3 is 10.6 Å². The van der Waals surface area contributed by atoms with Crippen LogP contribution >= 0.6 is 12.2 Å². The smallest absolute Gasteiger partial charge is 0.166 e. The molecule has 0 aliphatic heterocycles. The second-order valence-corrected chi connectivity index (χ2v) is 3.36. The lowest BCUT2D eigenvalue weighted by molar-refractivity contribution is 0.581. The van der Waals surface area contributed by atoms with Gasteiger partial charge in [-0.15, -0.1) is 0 Å². The molecule has 0 amide bonds. The molecular formula is C10H12F2N2S. The fraction of sp³-hybridized carbons (Fsp3) is 0.300. The summed E-state index contributed by atoms with van der Waals surface area (Å²) in [6, 6.07) is 3.33. The Morgan fingerprint density at radius 2 is 2.07 bits per heavy atom. The van der Waals surface area contributed by atoms with Crippen LogP contribution < -0.4 is 10.6 Å². The van der Waals surface area contributed by atoms with Crippen molar-refractivity contribution in [3.63, 3.8) is 0 Å². The van der Waals surface area contributed by atoms with Gasteiger partial charge in [0.2, 0.25) is 0 Å². The number of rotatable bonds is 3. The summed E-state index contributed by atoms with van der Waals surface area (Å²) in [5.74, 6) is -0.897. The highest BCUT2D eigenvalue weighted by Crippen LogP contribution is 2.08. The Morgan fingerprint density at radius 1 is 1.33 bits per heavy atom. The summed E-state index contributed by atoms with van der Waals surface area (Å²) in [6.07, 6.45) is 0. The molecule has 0 aliphatic carbocycles. The zero-order chi connectivity index (χ0) is 11.3. The van der Waals surface area contributed by atoms with E-state index in [0.717, 1.165) is 18.2 Å². The molecule has 0 spiro atoms. The highest BCUT2D eigenvalue weighted by atomic mass is 32.1. The van der Waals surface area contributed by atoms with Gasteiger partial charge in [-0.3, -0.25) is 0 Å². The van der Waals surface area contributed by atoms with Crippen molar-refractivity contribution in [3.8, 4) is 0 Å². The summed E-state index contributed by atoms with van der Waals surface area (Å²) < 4.78 is 25.9. The molecule has 82 valence electrons. The SMILES string of the molecule is CCNC(=S)NCc1cc(F)ccc1F. The quantitative estimate of drug-likeness (QED) is 0.776. The van der Waals surface area contributed by atoms with Gasteiger partial charge in [0.05, 0.1) is 0 Å². The number of hydrogen-bond donors (Lipinski definition) is 2. The standard InChI is InChI=1S/C10H12F2N2S/c1-2-13-10(15)14-6-7-5-8(11)3-4-9(7)12/h3-5H,2,6H2,1H3,(H2,13,14,15). The molecule has 0 fully saturated rings. The van der Waals surface area contributed by atoms with Gasteiger partial charge in [-0.05, 0) is 37.3 Å². The molecule has 0 aliphatic rings. The predicted molar refractivity (Wildman–Crippen MR) is 59.5 cm³/mol. The molecule has 1 aromatic carbocycles. The van der Waals surface area contributed by atoms with Crippen LogP contribution in [0, 0.1) is 11.6 Å². The number of thiocarbonyl (C=S) groups is 1. The van der Waals surface area contributed by atoms with Crippen LogP contribution in [0.2, 0.25) is 0 Å². The molecule has 2 N–H and O–H groups in total. The molecule has 0 aromatic heterocycles. The van der Waals surface area contributed by atoms with Crippen molar-refractivity contribution < 1.29 is 8.78 Å². The fourth-order valence-corrected chi connectivity index (χ4v) is 1.29. The van der Waals surface area contributed by atoms with E-state index in [4.69, 9.17) is 12.2 Å². The molecule has 0 saturated heterocycles. The van der Waals surface area contributed by atoms with Crippen LogP contribution in [-0.4, -0.2) is 11.7 Å². The highest BCUT2D eigenvalue weighted by molar-refractivity contribution is 7.80. The van der Waals surface area contributed by atoms with Crippen molar-refractivity contribution in [2.45, 2.75) is 13.5 Å². The maximum Gasteiger partial charge on any atom is 0.166 e. The average Bonchev–Trinajstić information content (AvgIpc) is 2.20. The Balaban J connectivity index is 2.57. The summed E-state index contributed by atoms with van der Waals surface area (Å²) in [5.41, 5.74) is 0.259. The van der Waals surface area contributed by atoms with E-state index in [9.17, 15) is 8.78 Å². The molecule has 0 bridgehead atoms. The zero-order valence-corrected chi connectivity index (χ0v) is 9.13. The summed E-state index contributed by atoms with van der Waals surface area (Å²) >= 11 is 4.89. The maximum absolute atomic E-state index is 13.1. The first-order chi connectivity index (χ1) is 7.13. The van der Waals surface area contributed by atoms with Crippen LogP contribution in [0.1, 0.15) is 12.5 Å². The number of nitrogens with one attached hydrogen (secondary N) is 2. The van der Waals surface area contributed by atoms with E-state index < -0.39 is 11.6 Å². The van der Waals surface area contributed by atoms with Crippen LogP contribution in [0.4, 0.5) is 8.78 Å². The molecular weight excluding hydrogens is 218 g/mol. The van der Waals surface area contributed by atoms with Gasteiger partial charge in [0.25, 0.3) is 0 Å². The predicted octanol–water partition coefficient (Wildman–Crippen LogP) is 1.95. The summed E-state index contributed by atoms with van der Waals surface area (Å²) in [7, 11) is 0. The van der Waals surface area contributed by atoms with E-state index in [2.05, 4.69) is 10.6 Å². The van der Waals surface area contributed by atoms with Crippen molar-refractivity contribution in [3.05, 3.63) is 35.4 Å². The summed E-state index contributed by atoms with van der Waals surface area (Å²) in [4.78, 5) is 0. The second-order valence-electron chi connectivity index (χ2n) is 2.95. The molecule has 0 atom stereocenters. The Morgan fingerprint density at radius 3 is 2.73 bits per heavy atom. The van der Waals surface area contributed by atoms with Gasteiger partial charge in [-0.1, -0.05) is 0 Å². The summed E-state index contributed by atoms with van der Waals surface area (Å²) in [6.45, 7) is 2.77. The Labute approximate surface area is 92.7 Å². The lowest BCUT2D eigenvalue weighted by atomic mass is 10.2. The lowest BCUT2D eigenvalue weighted by Gasteiger charge is -2.09. The first kappa shape index (κ1) is 11.8. The normalized spacial score (nSPS) is 9.80. The van der Waals surface area contributed by atoms with E-state index in [-0.39, 0.29) is 12.1 Å². The highest BCUT2D eigenvalue weighted by Gasteiger charge is 2.03. The maximum atomic E-state index is 13.1. The average molecular weight is 230 g/mol. The second kappa shape index (κ2) is 5.60. The lowest BCUT2D eigenvalue weighted by Crippen LogP contribution is -2.34. The van der Waals surface area contributed by atoms with Gasteiger partial charge in [-0.2, -0.15) is 0 Å². The van der Waals surface area contributed by atoms with Crippen molar-refractivity contribution in [1.29, 1.82) is 0 Å². The number of benzene rings is 1. The number of hydrogen-bond acceptors (Lipinski definition) is 1. The molecule has 15 heavy (non-hydrogen) atoms. The number of halogens is 2. The molecule has 1 aromatic rings. The monoisotopic (exact) mass is 230 g/mol. The summed E-state index contributed by atoms with van der Waals surface area (Å²) in [5, 5.41) is 6.07. The van der Waals surface area contributed by atoms with E-state index >= 15 is 0 Å². The van der Waals surface area contributed by atoms with E-state index in [1.807, 2.05) is 6.92 Å². The van der Waals surface area contributed by atoms with Crippen molar-refractivity contribution >= 4 is 17.3 Å². The van der Waals surface area contributed by atoms with E-state index in [1.165, 1.54) is 0 Å². The van der Waals surface area contributed by atoms with Gasteiger partial charge in [0, 0.05) is 18.7 Å². The van der Waals surface area contributed by atoms with Crippen LogP contribution in [0.25, 0.3) is 0 Å². The Kier molecular flexibility index (Phi) is 4.42. The van der Waals surface area contributed by atoms with E-state index in [0.29, 0.717) is 11.7 Å². The molecule has 1 rings (SSSR count). The van der Waals surface area contributed by atoms with Gasteiger partial charge in [0.15, 0.2) is 5.11 Å². The molecule has 0 heterocycles. The molecule has 2 nitrogen and oxygen atoms in total. The third kappa shape index (κ3) is 3.79. The Hall–Kier alpha value is -1.23. The van der Waals surface area contributed by atoms with Crippen LogP contribution in [0.15, 0.2) is 18.2 Å². The van der Waals surface area contributed by atoms with Crippen LogP contribution in [-0.2, 0) is 6.54 Å². The van der Waals surface area contributed by atoms with E-state index in [1.54, 1.807) is 0 Å². The van der Waals surface area contributed by atoms with Crippen LogP contribution in [0.5, 0.6) is 0 Å². The first-order valence-corrected chi connectivity index (χ1v) is 5.00. The minimum absolute atomic E-state index is 0.176. The van der Waals surface area contributed by atoms with Crippen molar-refractivity contribution in [2.75, 3.05) is 6.54 Å². The third-order valence-electron chi connectivity index (χ3n) is 1.78. The largest absolute Gasteiger partial charge is 0.363 e. The first-order valence-electron chi connectivity index (χ1n) is 4.59. The molecule has 5 heteroatoms. The molecule has 0 unspecified atom stereocenters. The fourth-order valence-electron chi connectivity index (χ4n) is 1.08. The molecule has 0 saturated carbocycles. The van der Waals surface area contributed by atoms with Gasteiger partial charge in [-0.25, -0.2) is 8.78 Å². The van der Waals surface area contributed by atoms with Crippen molar-refractivity contribution in [1.82, 2.24) is 10.6 Å². The minimum atomic E-state index is -0.456. The topological polar surface area (TPSA) is 24.1 Å². The zero-order valence-electron chi connectivity index (χ0n) is 8.31. The molecule has 0 radical (unpaired) electrons. The minimum Gasteiger partial charge on any atom is -0.363 e. The Bertz CT molecular complexity index is 355. The third-order valence-corrected chi connectivity index (χ3v) is 2.07. The van der Waals surface area contributed by atoms with Crippen LogP contribution in [0.3, 0.4) is 0 Å². The van der Waals surface area contributed by atoms with Gasteiger partial charge >= 0.3 is 0 Å². The van der Waals surface area contributed by atoms with Gasteiger partial charge in [0.1, 0.15) is 11.6 Å². The van der Waals surface area contributed by atoms with Crippen molar-refractivity contribution in [2.24, 2.45) is 0 Å².